The Morgan fingerprint density at radius 3 is 2.59 bits per heavy atom. The van der Waals surface area contributed by atoms with E-state index in [9.17, 15) is 17.6 Å². The Labute approximate surface area is 197 Å². The number of hydrogen-bond donors (Lipinski definition) is 2. The van der Waals surface area contributed by atoms with Crippen molar-refractivity contribution < 1.29 is 22.3 Å². The minimum Gasteiger partial charge on any atom is -0.495 e. The van der Waals surface area contributed by atoms with Gasteiger partial charge in [0.15, 0.2) is 0 Å². The van der Waals surface area contributed by atoms with E-state index in [0.29, 0.717) is 18.2 Å². The largest absolute Gasteiger partial charge is 0.495 e. The molecule has 0 bridgehead atoms. The Bertz CT molecular complexity index is 1260. The van der Waals surface area contributed by atoms with E-state index in [0.717, 1.165) is 31.5 Å². The lowest BCUT2D eigenvalue weighted by molar-refractivity contribution is -0.120. The number of carbonyl (C=O) groups is 1. The summed E-state index contributed by atoms with van der Waals surface area (Å²) in [5.74, 6) is -0.144. The van der Waals surface area contributed by atoms with Gasteiger partial charge in [-0.25, -0.2) is 22.8 Å². The summed E-state index contributed by atoms with van der Waals surface area (Å²) in [6.45, 7) is 1.25. The van der Waals surface area contributed by atoms with Gasteiger partial charge >= 0.3 is 0 Å². The molecule has 0 radical (unpaired) electrons. The molecular weight excluding hydrogens is 461 g/mol. The van der Waals surface area contributed by atoms with Gasteiger partial charge in [-0.3, -0.25) is 9.52 Å². The first-order valence-corrected chi connectivity index (χ1v) is 12.1. The molecule has 3 aromatic rings. The zero-order valence-electron chi connectivity index (χ0n) is 18.4. The Hall–Kier alpha value is -3.73. The summed E-state index contributed by atoms with van der Waals surface area (Å²) in [4.78, 5) is 23.4. The average Bonchev–Trinajstić information content (AvgIpc) is 2.85. The normalized spacial score (nSPS) is 16.1. The van der Waals surface area contributed by atoms with Crippen molar-refractivity contribution >= 4 is 33.3 Å². The average molecular weight is 486 g/mol. The van der Waals surface area contributed by atoms with E-state index >= 15 is 0 Å². The number of hydrogen-bond acceptors (Lipinski definition) is 7. The number of benzene rings is 2. The molecule has 0 saturated carbocycles. The van der Waals surface area contributed by atoms with Crippen LogP contribution in [0.25, 0.3) is 0 Å². The van der Waals surface area contributed by atoms with Crippen LogP contribution in [0.3, 0.4) is 0 Å². The number of nitrogens with zero attached hydrogens (tertiary/aromatic N) is 3. The summed E-state index contributed by atoms with van der Waals surface area (Å²) in [5, 5.41) is 2.86. The number of sulfonamides is 1. The highest BCUT2D eigenvalue weighted by molar-refractivity contribution is 7.92. The highest BCUT2D eigenvalue weighted by Crippen LogP contribution is 2.31. The predicted octanol–water partition coefficient (Wildman–Crippen LogP) is 3.28. The molecule has 34 heavy (non-hydrogen) atoms. The monoisotopic (exact) mass is 485 g/mol. The van der Waals surface area contributed by atoms with Crippen molar-refractivity contribution in [3.63, 3.8) is 0 Å². The molecule has 4 rings (SSSR count). The molecule has 1 saturated heterocycles. The SMILES string of the molecule is COc1ccc(NC(=O)C2CCCN(c3ncccn3)C2)cc1NS(=O)(=O)c1ccc(F)cc1. The van der Waals surface area contributed by atoms with Crippen LogP contribution in [0, 0.1) is 11.7 Å². The molecule has 1 amide bonds. The van der Waals surface area contributed by atoms with E-state index in [1.807, 2.05) is 4.90 Å². The number of halogens is 1. The molecule has 2 aromatic carbocycles. The number of methoxy groups -OCH3 is 1. The van der Waals surface area contributed by atoms with Crippen molar-refractivity contribution in [2.75, 3.05) is 35.1 Å². The van der Waals surface area contributed by atoms with Gasteiger partial charge in [0.05, 0.1) is 23.6 Å². The van der Waals surface area contributed by atoms with Gasteiger partial charge in [-0.1, -0.05) is 0 Å². The predicted molar refractivity (Wildman–Crippen MR) is 126 cm³/mol. The minimum absolute atomic E-state index is 0.101. The van der Waals surface area contributed by atoms with Crippen LogP contribution in [0.15, 0.2) is 65.8 Å². The van der Waals surface area contributed by atoms with Gasteiger partial charge in [0.25, 0.3) is 10.0 Å². The molecule has 2 heterocycles. The van der Waals surface area contributed by atoms with Crippen LogP contribution >= 0.6 is 0 Å². The minimum atomic E-state index is -4.00. The number of rotatable bonds is 7. The van der Waals surface area contributed by atoms with Crippen molar-refractivity contribution in [1.29, 1.82) is 0 Å². The molecular formula is C23H24FN5O4S. The third-order valence-electron chi connectivity index (χ3n) is 5.46. The van der Waals surface area contributed by atoms with Crippen LogP contribution in [0.5, 0.6) is 5.75 Å². The van der Waals surface area contributed by atoms with Gasteiger partial charge in [0.1, 0.15) is 11.6 Å². The second kappa shape index (κ2) is 10.0. The third-order valence-corrected chi connectivity index (χ3v) is 6.84. The number of aromatic nitrogens is 2. The molecule has 11 heteroatoms. The lowest BCUT2D eigenvalue weighted by Crippen LogP contribution is -2.41. The van der Waals surface area contributed by atoms with Gasteiger partial charge < -0.3 is 15.0 Å². The fourth-order valence-corrected chi connectivity index (χ4v) is 4.82. The number of piperidine rings is 1. The van der Waals surface area contributed by atoms with Gasteiger partial charge in [-0.05, 0) is 61.4 Å². The van der Waals surface area contributed by atoms with Crippen molar-refractivity contribution in [1.82, 2.24) is 9.97 Å². The number of anilines is 3. The van der Waals surface area contributed by atoms with E-state index in [1.165, 1.54) is 25.3 Å². The lowest BCUT2D eigenvalue weighted by Gasteiger charge is -2.31. The van der Waals surface area contributed by atoms with Crippen LogP contribution in [-0.2, 0) is 14.8 Å². The molecule has 178 valence electrons. The molecule has 1 atom stereocenters. The third kappa shape index (κ3) is 5.42. The van der Waals surface area contributed by atoms with Gasteiger partial charge in [0.2, 0.25) is 11.9 Å². The maximum atomic E-state index is 13.2. The Balaban J connectivity index is 1.49. The lowest BCUT2D eigenvalue weighted by atomic mass is 9.97. The summed E-state index contributed by atoms with van der Waals surface area (Å²) in [6.07, 6.45) is 4.87. The second-order valence-electron chi connectivity index (χ2n) is 7.80. The highest BCUT2D eigenvalue weighted by atomic mass is 32.2. The Morgan fingerprint density at radius 2 is 1.88 bits per heavy atom. The number of ether oxygens (including phenoxy) is 1. The Kier molecular flexibility index (Phi) is 6.92. The summed E-state index contributed by atoms with van der Waals surface area (Å²) in [6, 6.07) is 10.9. The first-order valence-electron chi connectivity index (χ1n) is 10.6. The van der Waals surface area contributed by atoms with Gasteiger partial charge in [-0.15, -0.1) is 0 Å². The van der Waals surface area contributed by atoms with Crippen molar-refractivity contribution in [3.05, 3.63) is 66.7 Å². The smallest absolute Gasteiger partial charge is 0.262 e. The van der Waals surface area contributed by atoms with E-state index in [-0.39, 0.29) is 28.2 Å². The zero-order chi connectivity index (χ0) is 24.1. The van der Waals surface area contributed by atoms with Crippen LogP contribution in [0.4, 0.5) is 21.7 Å². The van der Waals surface area contributed by atoms with Crippen LogP contribution in [-0.4, -0.2) is 44.5 Å². The Morgan fingerprint density at radius 1 is 1.15 bits per heavy atom. The fourth-order valence-electron chi connectivity index (χ4n) is 3.75. The topological polar surface area (TPSA) is 114 Å². The van der Waals surface area contributed by atoms with Crippen molar-refractivity contribution in [2.45, 2.75) is 17.7 Å². The zero-order valence-corrected chi connectivity index (χ0v) is 19.3. The molecule has 1 aliphatic rings. The van der Waals surface area contributed by atoms with Crippen LogP contribution < -0.4 is 19.7 Å². The number of amides is 1. The summed E-state index contributed by atoms with van der Waals surface area (Å²) < 4.78 is 46.4. The van der Waals surface area contributed by atoms with E-state index in [2.05, 4.69) is 20.0 Å². The maximum absolute atomic E-state index is 13.2. The number of nitrogens with one attached hydrogen (secondary N) is 2. The van der Waals surface area contributed by atoms with Crippen molar-refractivity contribution in [3.8, 4) is 5.75 Å². The first-order chi connectivity index (χ1) is 16.4. The van der Waals surface area contributed by atoms with Crippen molar-refractivity contribution in [2.24, 2.45) is 5.92 Å². The van der Waals surface area contributed by atoms with Crippen LogP contribution in [0.2, 0.25) is 0 Å². The highest BCUT2D eigenvalue weighted by Gasteiger charge is 2.27. The molecule has 2 N–H and O–H groups in total. The maximum Gasteiger partial charge on any atom is 0.262 e. The van der Waals surface area contributed by atoms with Crippen LogP contribution in [0.1, 0.15) is 12.8 Å². The van der Waals surface area contributed by atoms with E-state index in [4.69, 9.17) is 4.74 Å². The number of carbonyl (C=O) groups excluding carboxylic acids is 1. The molecule has 1 fully saturated rings. The van der Waals surface area contributed by atoms with Gasteiger partial charge in [-0.2, -0.15) is 0 Å². The van der Waals surface area contributed by atoms with E-state index in [1.54, 1.807) is 30.6 Å². The molecule has 9 nitrogen and oxygen atoms in total. The van der Waals surface area contributed by atoms with Gasteiger partial charge in [0, 0.05) is 31.2 Å². The summed E-state index contributed by atoms with van der Waals surface area (Å²) in [5.41, 5.74) is 0.559. The molecule has 1 aliphatic heterocycles. The quantitative estimate of drug-likeness (QED) is 0.528. The molecule has 1 aromatic heterocycles. The molecule has 0 spiro atoms. The standard InChI is InChI=1S/C23H24FN5O4S/c1-33-21-10-7-18(14-20(21)28-34(31,32)19-8-5-17(24)6-9-19)27-22(30)16-4-2-13-29(15-16)23-25-11-3-12-26-23/h3,5-12,14,16,28H,2,4,13,15H2,1H3,(H,27,30). The van der Waals surface area contributed by atoms with E-state index < -0.39 is 15.8 Å². The summed E-state index contributed by atoms with van der Waals surface area (Å²) >= 11 is 0. The molecule has 0 aliphatic carbocycles. The molecule has 1 unspecified atom stereocenters. The first kappa shape index (κ1) is 23.4. The fraction of sp³-hybridized carbons (Fsp3) is 0.261. The second-order valence-corrected chi connectivity index (χ2v) is 9.48. The summed E-state index contributed by atoms with van der Waals surface area (Å²) in [7, 11) is -2.59.